The molecule has 0 amide bonds. The van der Waals surface area contributed by atoms with E-state index in [4.69, 9.17) is 4.74 Å². The zero-order chi connectivity index (χ0) is 9.52. The predicted molar refractivity (Wildman–Crippen MR) is 51.9 cm³/mol. The van der Waals surface area contributed by atoms with Gasteiger partial charge in [0.05, 0.1) is 6.61 Å². The Morgan fingerprint density at radius 2 is 2.38 bits per heavy atom. The van der Waals surface area contributed by atoms with Gasteiger partial charge in [-0.3, -0.25) is 0 Å². The molecule has 1 heterocycles. The molecule has 0 saturated heterocycles. The fraction of sp³-hybridized carbons (Fsp3) is 0.500. The van der Waals surface area contributed by atoms with Gasteiger partial charge in [0, 0.05) is 26.9 Å². The van der Waals surface area contributed by atoms with Gasteiger partial charge in [-0.15, -0.1) is 0 Å². The fourth-order valence-electron chi connectivity index (χ4n) is 0.859. The van der Waals surface area contributed by atoms with E-state index in [-0.39, 0.29) is 0 Å². The van der Waals surface area contributed by atoms with E-state index in [0.29, 0.717) is 12.6 Å². The Morgan fingerprint density at radius 3 is 3.08 bits per heavy atom. The minimum atomic E-state index is 0.613. The van der Waals surface area contributed by atoms with E-state index in [2.05, 4.69) is 20.6 Å². The van der Waals surface area contributed by atoms with Crippen LogP contribution in [0, 0.1) is 0 Å². The van der Waals surface area contributed by atoms with Gasteiger partial charge in [-0.2, -0.15) is 4.98 Å². The summed E-state index contributed by atoms with van der Waals surface area (Å²) in [6, 6.07) is 1.82. The van der Waals surface area contributed by atoms with Gasteiger partial charge >= 0.3 is 0 Å². The topological polar surface area (TPSA) is 59.1 Å². The van der Waals surface area contributed by atoms with Crippen LogP contribution in [0.15, 0.2) is 12.3 Å². The van der Waals surface area contributed by atoms with Crippen LogP contribution < -0.4 is 10.6 Å². The molecule has 72 valence electrons. The fourth-order valence-corrected chi connectivity index (χ4v) is 0.859. The number of anilines is 2. The first-order valence-electron chi connectivity index (χ1n) is 4.10. The number of methoxy groups -OCH3 is 1. The standard InChI is InChI=1S/C8H14N4O/c1-9-8-11-4-3-7(12-8)10-5-6-13-2/h3-4H,5-6H2,1-2H3,(H2,9,10,11,12). The van der Waals surface area contributed by atoms with Crippen LogP contribution in [-0.2, 0) is 4.74 Å². The van der Waals surface area contributed by atoms with Gasteiger partial charge in [0.25, 0.3) is 0 Å². The minimum Gasteiger partial charge on any atom is -0.383 e. The molecular weight excluding hydrogens is 168 g/mol. The summed E-state index contributed by atoms with van der Waals surface area (Å²) in [5.74, 6) is 1.42. The summed E-state index contributed by atoms with van der Waals surface area (Å²) >= 11 is 0. The van der Waals surface area contributed by atoms with Gasteiger partial charge < -0.3 is 15.4 Å². The molecule has 0 aromatic carbocycles. The summed E-state index contributed by atoms with van der Waals surface area (Å²) < 4.78 is 4.90. The number of hydrogen-bond donors (Lipinski definition) is 2. The van der Waals surface area contributed by atoms with Crippen molar-refractivity contribution in [2.75, 3.05) is 37.9 Å². The van der Waals surface area contributed by atoms with Crippen molar-refractivity contribution in [3.63, 3.8) is 0 Å². The van der Waals surface area contributed by atoms with Gasteiger partial charge in [-0.05, 0) is 6.07 Å². The first kappa shape index (κ1) is 9.73. The third-order valence-corrected chi connectivity index (χ3v) is 1.49. The lowest BCUT2D eigenvalue weighted by Gasteiger charge is -2.05. The zero-order valence-electron chi connectivity index (χ0n) is 7.87. The molecule has 0 aliphatic rings. The molecule has 1 rings (SSSR count). The summed E-state index contributed by atoms with van der Waals surface area (Å²) in [6.45, 7) is 1.41. The molecule has 5 heteroatoms. The summed E-state index contributed by atoms with van der Waals surface area (Å²) in [7, 11) is 3.45. The largest absolute Gasteiger partial charge is 0.383 e. The summed E-state index contributed by atoms with van der Waals surface area (Å²) in [6.07, 6.45) is 1.70. The third-order valence-electron chi connectivity index (χ3n) is 1.49. The van der Waals surface area contributed by atoms with Crippen molar-refractivity contribution in [2.24, 2.45) is 0 Å². The van der Waals surface area contributed by atoms with Crippen molar-refractivity contribution in [2.45, 2.75) is 0 Å². The van der Waals surface area contributed by atoms with Crippen molar-refractivity contribution in [3.8, 4) is 0 Å². The second kappa shape index (κ2) is 5.31. The van der Waals surface area contributed by atoms with Gasteiger partial charge in [0.1, 0.15) is 5.82 Å². The van der Waals surface area contributed by atoms with Crippen LogP contribution in [0.2, 0.25) is 0 Å². The van der Waals surface area contributed by atoms with Gasteiger partial charge in [0.15, 0.2) is 0 Å². The minimum absolute atomic E-state index is 0.613. The van der Waals surface area contributed by atoms with E-state index in [1.165, 1.54) is 0 Å². The molecule has 0 atom stereocenters. The average molecular weight is 182 g/mol. The van der Waals surface area contributed by atoms with Gasteiger partial charge in [0.2, 0.25) is 5.95 Å². The smallest absolute Gasteiger partial charge is 0.224 e. The van der Waals surface area contributed by atoms with Crippen molar-refractivity contribution < 1.29 is 4.74 Å². The van der Waals surface area contributed by atoms with Crippen LogP contribution >= 0.6 is 0 Å². The SMILES string of the molecule is CNc1nccc(NCCOC)n1. The highest BCUT2D eigenvalue weighted by Gasteiger charge is 1.94. The molecule has 0 radical (unpaired) electrons. The first-order chi connectivity index (χ1) is 6.36. The number of nitrogens with one attached hydrogen (secondary N) is 2. The lowest BCUT2D eigenvalue weighted by Crippen LogP contribution is -2.09. The summed E-state index contributed by atoms with van der Waals surface area (Å²) in [4.78, 5) is 8.17. The highest BCUT2D eigenvalue weighted by molar-refractivity contribution is 5.38. The Labute approximate surface area is 77.5 Å². The van der Waals surface area contributed by atoms with Crippen molar-refractivity contribution in [3.05, 3.63) is 12.3 Å². The molecule has 0 spiro atoms. The summed E-state index contributed by atoms with van der Waals surface area (Å²) in [5.41, 5.74) is 0. The van der Waals surface area contributed by atoms with Crippen LogP contribution in [0.25, 0.3) is 0 Å². The maximum atomic E-state index is 4.90. The van der Waals surface area contributed by atoms with Crippen LogP contribution in [0.5, 0.6) is 0 Å². The van der Waals surface area contributed by atoms with Crippen molar-refractivity contribution >= 4 is 11.8 Å². The Kier molecular flexibility index (Phi) is 3.98. The zero-order valence-corrected chi connectivity index (χ0v) is 7.87. The van der Waals surface area contributed by atoms with Gasteiger partial charge in [-0.25, -0.2) is 4.98 Å². The Hall–Kier alpha value is -1.36. The Morgan fingerprint density at radius 1 is 1.54 bits per heavy atom. The van der Waals surface area contributed by atoms with E-state index in [9.17, 15) is 0 Å². The molecule has 13 heavy (non-hydrogen) atoms. The maximum Gasteiger partial charge on any atom is 0.224 e. The molecule has 1 aromatic heterocycles. The molecule has 0 bridgehead atoms. The number of ether oxygens (including phenoxy) is 1. The third kappa shape index (κ3) is 3.25. The van der Waals surface area contributed by atoms with Crippen LogP contribution in [0.3, 0.4) is 0 Å². The highest BCUT2D eigenvalue weighted by Crippen LogP contribution is 2.03. The molecule has 0 aliphatic carbocycles. The first-order valence-corrected chi connectivity index (χ1v) is 4.10. The Bertz CT molecular complexity index is 254. The Balaban J connectivity index is 2.46. The molecule has 1 aromatic rings. The van der Waals surface area contributed by atoms with E-state index >= 15 is 0 Å². The maximum absolute atomic E-state index is 4.90. The van der Waals surface area contributed by atoms with Crippen LogP contribution in [0.1, 0.15) is 0 Å². The summed E-state index contributed by atoms with van der Waals surface area (Å²) in [5, 5.41) is 5.97. The van der Waals surface area contributed by atoms with E-state index in [1.54, 1.807) is 20.4 Å². The second-order valence-corrected chi connectivity index (χ2v) is 2.44. The second-order valence-electron chi connectivity index (χ2n) is 2.44. The molecular formula is C8H14N4O. The molecule has 0 aliphatic heterocycles. The number of rotatable bonds is 5. The van der Waals surface area contributed by atoms with Gasteiger partial charge in [-0.1, -0.05) is 0 Å². The molecule has 5 nitrogen and oxygen atoms in total. The number of aromatic nitrogens is 2. The molecule has 0 saturated carbocycles. The van der Waals surface area contributed by atoms with Crippen molar-refractivity contribution in [1.29, 1.82) is 0 Å². The monoisotopic (exact) mass is 182 g/mol. The van der Waals surface area contributed by atoms with E-state index < -0.39 is 0 Å². The number of nitrogens with zero attached hydrogens (tertiary/aromatic N) is 2. The average Bonchev–Trinajstić information content (AvgIpc) is 2.19. The highest BCUT2D eigenvalue weighted by atomic mass is 16.5. The molecule has 0 fully saturated rings. The van der Waals surface area contributed by atoms with Crippen LogP contribution in [0.4, 0.5) is 11.8 Å². The lowest BCUT2D eigenvalue weighted by atomic mass is 10.5. The molecule has 2 N–H and O–H groups in total. The van der Waals surface area contributed by atoms with Crippen molar-refractivity contribution in [1.82, 2.24) is 9.97 Å². The van der Waals surface area contributed by atoms with E-state index in [0.717, 1.165) is 12.4 Å². The normalized spacial score (nSPS) is 9.69. The lowest BCUT2D eigenvalue weighted by molar-refractivity contribution is 0.210. The van der Waals surface area contributed by atoms with E-state index in [1.807, 2.05) is 6.07 Å². The quantitative estimate of drug-likeness (QED) is 0.652. The van der Waals surface area contributed by atoms with Crippen LogP contribution in [-0.4, -0.2) is 37.3 Å². The number of hydrogen-bond acceptors (Lipinski definition) is 5. The predicted octanol–water partition coefficient (Wildman–Crippen LogP) is 0.577. The molecule has 0 unspecified atom stereocenters.